The van der Waals surface area contributed by atoms with Crippen LogP contribution in [0.2, 0.25) is 0 Å². The molecule has 0 fully saturated rings. The average molecular weight is 297 g/mol. The van der Waals surface area contributed by atoms with E-state index in [0.29, 0.717) is 5.75 Å². The second kappa shape index (κ2) is 7.68. The third kappa shape index (κ3) is 5.77. The molecule has 0 saturated heterocycles. The van der Waals surface area contributed by atoms with Crippen molar-refractivity contribution in [2.24, 2.45) is 5.73 Å². The summed E-state index contributed by atoms with van der Waals surface area (Å²) in [5, 5.41) is 0. The van der Waals surface area contributed by atoms with Gasteiger partial charge < -0.3 is 10.5 Å². The molecule has 0 aliphatic rings. The van der Waals surface area contributed by atoms with Gasteiger partial charge in [-0.3, -0.25) is 0 Å². The lowest BCUT2D eigenvalue weighted by Gasteiger charge is -2.03. The van der Waals surface area contributed by atoms with Crippen LogP contribution in [-0.4, -0.2) is 13.2 Å². The van der Waals surface area contributed by atoms with Gasteiger partial charge in [0.05, 0.1) is 0 Å². The predicted octanol–water partition coefficient (Wildman–Crippen LogP) is 3.06. The first-order valence-electron chi connectivity index (χ1n) is 4.15. The van der Waals surface area contributed by atoms with Gasteiger partial charge in [-0.15, -0.1) is 12.4 Å². The Morgan fingerprint density at radius 2 is 2.00 bits per heavy atom. The molecule has 0 heterocycles. The third-order valence-electron chi connectivity index (χ3n) is 1.53. The molecule has 2 N–H and O–H groups in total. The summed E-state index contributed by atoms with van der Waals surface area (Å²) in [6.07, 6.45) is 1.29. The fourth-order valence-electron chi connectivity index (χ4n) is 0.870. The van der Waals surface area contributed by atoms with Gasteiger partial charge in [0.25, 0.3) is 0 Å². The van der Waals surface area contributed by atoms with Crippen molar-refractivity contribution in [3.63, 3.8) is 0 Å². The van der Waals surface area contributed by atoms with Crippen LogP contribution < -0.4 is 10.5 Å². The molecule has 15 heavy (non-hydrogen) atoms. The maximum absolute atomic E-state index is 12.8. The van der Waals surface area contributed by atoms with Gasteiger partial charge in [-0.2, -0.15) is 0 Å². The van der Waals surface area contributed by atoms with Crippen LogP contribution in [0.4, 0.5) is 4.39 Å². The SMILES string of the molecule is Cl.NC/C=C(/F)COc1ccc(Br)cc1. The molecule has 84 valence electrons. The summed E-state index contributed by atoms with van der Waals surface area (Å²) in [7, 11) is 0. The Balaban J connectivity index is 0.00000196. The molecule has 0 amide bonds. The summed E-state index contributed by atoms with van der Waals surface area (Å²) >= 11 is 3.29. The predicted molar refractivity (Wildman–Crippen MR) is 65.1 cm³/mol. The van der Waals surface area contributed by atoms with Crippen molar-refractivity contribution in [2.75, 3.05) is 13.2 Å². The summed E-state index contributed by atoms with van der Waals surface area (Å²) in [6, 6.07) is 7.19. The first-order valence-corrected chi connectivity index (χ1v) is 4.94. The molecule has 1 aromatic carbocycles. The van der Waals surface area contributed by atoms with Crippen molar-refractivity contribution in [3.8, 4) is 5.75 Å². The molecule has 0 aliphatic heterocycles. The number of hydrogen-bond acceptors (Lipinski definition) is 2. The molecule has 1 rings (SSSR count). The van der Waals surface area contributed by atoms with Crippen LogP contribution in [0, 0.1) is 0 Å². The van der Waals surface area contributed by atoms with E-state index in [0.717, 1.165) is 4.47 Å². The minimum atomic E-state index is -0.351. The van der Waals surface area contributed by atoms with Crippen molar-refractivity contribution in [1.29, 1.82) is 0 Å². The van der Waals surface area contributed by atoms with Gasteiger partial charge in [0, 0.05) is 11.0 Å². The van der Waals surface area contributed by atoms with Gasteiger partial charge in [-0.05, 0) is 30.3 Å². The third-order valence-corrected chi connectivity index (χ3v) is 2.06. The second-order valence-electron chi connectivity index (χ2n) is 2.63. The first kappa shape index (κ1) is 14.4. The van der Waals surface area contributed by atoms with E-state index in [2.05, 4.69) is 15.9 Å². The van der Waals surface area contributed by atoms with E-state index in [-0.39, 0.29) is 31.4 Å². The summed E-state index contributed by atoms with van der Waals surface area (Å²) in [4.78, 5) is 0. The van der Waals surface area contributed by atoms with Gasteiger partial charge in [-0.1, -0.05) is 15.9 Å². The summed E-state index contributed by atoms with van der Waals surface area (Å²) in [5.41, 5.74) is 5.14. The van der Waals surface area contributed by atoms with Gasteiger partial charge >= 0.3 is 0 Å². The van der Waals surface area contributed by atoms with E-state index in [9.17, 15) is 4.39 Å². The molecule has 0 bridgehead atoms. The van der Waals surface area contributed by atoms with E-state index in [4.69, 9.17) is 10.5 Å². The van der Waals surface area contributed by atoms with E-state index in [1.807, 2.05) is 12.1 Å². The van der Waals surface area contributed by atoms with Gasteiger partial charge in [0.15, 0.2) is 0 Å². The van der Waals surface area contributed by atoms with Crippen LogP contribution in [0.5, 0.6) is 5.75 Å². The highest BCUT2D eigenvalue weighted by molar-refractivity contribution is 9.10. The number of ether oxygens (including phenoxy) is 1. The molecule has 0 atom stereocenters. The fraction of sp³-hybridized carbons (Fsp3) is 0.200. The zero-order valence-electron chi connectivity index (χ0n) is 7.95. The van der Waals surface area contributed by atoms with Crippen LogP contribution in [0.15, 0.2) is 40.6 Å². The lowest BCUT2D eigenvalue weighted by molar-refractivity contribution is 0.318. The van der Waals surface area contributed by atoms with E-state index >= 15 is 0 Å². The molecule has 0 radical (unpaired) electrons. The zero-order chi connectivity index (χ0) is 10.4. The number of benzene rings is 1. The van der Waals surface area contributed by atoms with Gasteiger partial charge in [-0.25, -0.2) is 4.39 Å². The number of nitrogens with two attached hydrogens (primary N) is 1. The highest BCUT2D eigenvalue weighted by Gasteiger charge is 1.96. The molecule has 0 aliphatic carbocycles. The average Bonchev–Trinajstić information content (AvgIpc) is 2.17. The lowest BCUT2D eigenvalue weighted by Crippen LogP contribution is -2.01. The molecule has 2 nitrogen and oxygen atoms in total. The van der Waals surface area contributed by atoms with E-state index < -0.39 is 0 Å². The number of halogens is 3. The molecule has 0 aromatic heterocycles. The monoisotopic (exact) mass is 295 g/mol. The topological polar surface area (TPSA) is 35.2 Å². The van der Waals surface area contributed by atoms with E-state index in [1.165, 1.54) is 6.08 Å². The Morgan fingerprint density at radius 1 is 1.40 bits per heavy atom. The maximum Gasteiger partial charge on any atom is 0.139 e. The maximum atomic E-state index is 12.8. The quantitative estimate of drug-likeness (QED) is 0.927. The minimum absolute atomic E-state index is 0. The number of rotatable bonds is 4. The smallest absolute Gasteiger partial charge is 0.139 e. The Hall–Kier alpha value is -0.580. The normalized spacial score (nSPS) is 10.7. The molecule has 1 aromatic rings. The van der Waals surface area contributed by atoms with Gasteiger partial charge in [0.1, 0.15) is 18.2 Å². The Labute approximate surface area is 103 Å². The molecule has 0 spiro atoms. The summed E-state index contributed by atoms with van der Waals surface area (Å²) in [6.45, 7) is 0.119. The summed E-state index contributed by atoms with van der Waals surface area (Å²) < 4.78 is 18.9. The molecule has 0 unspecified atom stereocenters. The van der Waals surface area contributed by atoms with Crippen molar-refractivity contribution >= 4 is 28.3 Å². The van der Waals surface area contributed by atoms with Crippen LogP contribution in [0.1, 0.15) is 0 Å². The van der Waals surface area contributed by atoms with Crippen LogP contribution in [-0.2, 0) is 0 Å². The second-order valence-corrected chi connectivity index (χ2v) is 3.54. The fourth-order valence-corrected chi connectivity index (χ4v) is 1.13. The highest BCUT2D eigenvalue weighted by atomic mass is 79.9. The van der Waals surface area contributed by atoms with Crippen molar-refractivity contribution in [3.05, 3.63) is 40.6 Å². The molecular weight excluding hydrogens is 284 g/mol. The molecule has 5 heteroatoms. The standard InChI is InChI=1S/C10H11BrFNO.ClH/c11-8-1-3-10(4-2-8)14-7-9(12)5-6-13;/h1-5H,6-7,13H2;1H/b9-5+;. The minimum Gasteiger partial charge on any atom is -0.487 e. The Kier molecular flexibility index (Phi) is 7.38. The summed E-state index contributed by atoms with van der Waals surface area (Å²) in [5.74, 6) is 0.282. The largest absolute Gasteiger partial charge is 0.487 e. The zero-order valence-corrected chi connectivity index (χ0v) is 10.4. The molecule has 0 saturated carbocycles. The van der Waals surface area contributed by atoms with Gasteiger partial charge in [0.2, 0.25) is 0 Å². The Morgan fingerprint density at radius 3 is 2.53 bits per heavy atom. The molecular formula is C10H12BrClFNO. The van der Waals surface area contributed by atoms with Crippen LogP contribution >= 0.6 is 28.3 Å². The van der Waals surface area contributed by atoms with Crippen molar-refractivity contribution in [1.82, 2.24) is 0 Å². The highest BCUT2D eigenvalue weighted by Crippen LogP contribution is 2.16. The number of hydrogen-bond donors (Lipinski definition) is 1. The lowest BCUT2D eigenvalue weighted by atomic mass is 10.3. The van der Waals surface area contributed by atoms with Crippen LogP contribution in [0.25, 0.3) is 0 Å². The van der Waals surface area contributed by atoms with E-state index in [1.54, 1.807) is 12.1 Å². The van der Waals surface area contributed by atoms with Crippen molar-refractivity contribution < 1.29 is 9.13 Å². The van der Waals surface area contributed by atoms with Crippen molar-refractivity contribution in [2.45, 2.75) is 0 Å². The first-order chi connectivity index (χ1) is 6.72. The Bertz CT molecular complexity index is 316. The van der Waals surface area contributed by atoms with Crippen LogP contribution in [0.3, 0.4) is 0 Å².